The molecule has 1 aromatic carbocycles. The summed E-state index contributed by atoms with van der Waals surface area (Å²) in [6.07, 6.45) is 7.13. The summed E-state index contributed by atoms with van der Waals surface area (Å²) in [5.41, 5.74) is 0. The Morgan fingerprint density at radius 1 is 1.10 bits per heavy atom. The van der Waals surface area contributed by atoms with Crippen molar-refractivity contribution < 1.29 is 13.2 Å². The fourth-order valence-corrected chi connectivity index (χ4v) is 6.29. The van der Waals surface area contributed by atoms with Gasteiger partial charge in [-0.05, 0) is 44.8 Å². The third kappa shape index (κ3) is 4.95. The minimum Gasteiger partial charge on any atom is -0.381 e. The average molecular weight is 453 g/mol. The molecular formula is C21H29ClN4O3S. The van der Waals surface area contributed by atoms with Crippen LogP contribution in [0, 0.1) is 0 Å². The molecule has 2 saturated heterocycles. The van der Waals surface area contributed by atoms with Gasteiger partial charge in [0.05, 0.1) is 9.92 Å². The van der Waals surface area contributed by atoms with E-state index in [9.17, 15) is 8.42 Å². The summed E-state index contributed by atoms with van der Waals surface area (Å²) in [5.74, 6) is 0. The summed E-state index contributed by atoms with van der Waals surface area (Å²) in [6, 6.07) is 5.94. The molecule has 30 heavy (non-hydrogen) atoms. The minimum atomic E-state index is -3.61. The van der Waals surface area contributed by atoms with Crippen LogP contribution in [0.2, 0.25) is 5.02 Å². The van der Waals surface area contributed by atoms with Gasteiger partial charge in [-0.1, -0.05) is 23.7 Å². The lowest BCUT2D eigenvalue weighted by Gasteiger charge is -2.23. The molecule has 9 heteroatoms. The van der Waals surface area contributed by atoms with Crippen molar-refractivity contribution in [2.45, 2.75) is 42.7 Å². The summed E-state index contributed by atoms with van der Waals surface area (Å²) < 4.78 is 33.5. The Kier molecular flexibility index (Phi) is 7.23. The van der Waals surface area contributed by atoms with E-state index in [1.165, 1.54) is 6.20 Å². The van der Waals surface area contributed by atoms with E-state index in [-0.39, 0.29) is 10.9 Å². The topological polar surface area (TPSA) is 83.6 Å². The van der Waals surface area contributed by atoms with Gasteiger partial charge in [0.1, 0.15) is 0 Å². The van der Waals surface area contributed by atoms with Crippen LogP contribution in [0.5, 0.6) is 0 Å². The number of nitrogens with zero attached hydrogens (tertiary/aromatic N) is 2. The third-order valence-corrected chi connectivity index (χ3v) is 8.10. The van der Waals surface area contributed by atoms with Crippen LogP contribution in [0.4, 0.5) is 0 Å². The zero-order valence-corrected chi connectivity index (χ0v) is 18.6. The molecule has 0 spiro atoms. The van der Waals surface area contributed by atoms with Gasteiger partial charge in [-0.25, -0.2) is 8.42 Å². The maximum atomic E-state index is 13.3. The molecule has 2 fully saturated rings. The van der Waals surface area contributed by atoms with Gasteiger partial charge < -0.3 is 15.4 Å². The monoisotopic (exact) mass is 452 g/mol. The molecule has 0 saturated carbocycles. The molecule has 2 aliphatic rings. The molecule has 0 amide bonds. The van der Waals surface area contributed by atoms with Crippen molar-refractivity contribution in [1.82, 2.24) is 19.9 Å². The van der Waals surface area contributed by atoms with Crippen LogP contribution < -0.4 is 10.6 Å². The first kappa shape index (κ1) is 21.9. The molecule has 1 atom stereocenters. The molecule has 1 aromatic heterocycles. The number of benzene rings is 1. The summed E-state index contributed by atoms with van der Waals surface area (Å²) in [6.45, 7) is 4.53. The van der Waals surface area contributed by atoms with Crippen LogP contribution in [0.1, 0.15) is 25.7 Å². The summed E-state index contributed by atoms with van der Waals surface area (Å²) in [4.78, 5) is 4.32. The first-order valence-corrected chi connectivity index (χ1v) is 12.4. The quantitative estimate of drug-likeness (QED) is 0.598. The number of hydrogen-bond donors (Lipinski definition) is 2. The van der Waals surface area contributed by atoms with Gasteiger partial charge in [0.2, 0.25) is 10.0 Å². The number of pyridine rings is 1. The molecule has 2 aromatic rings. The number of fused-ring (bicyclic) bond motifs is 1. The minimum absolute atomic E-state index is 0.176. The maximum absolute atomic E-state index is 13.3. The molecule has 0 unspecified atom stereocenters. The molecule has 2 N–H and O–H groups in total. The Hall–Kier alpha value is -1.29. The van der Waals surface area contributed by atoms with E-state index in [0.717, 1.165) is 57.4 Å². The molecule has 0 bridgehead atoms. The van der Waals surface area contributed by atoms with Gasteiger partial charge in [0.15, 0.2) is 0 Å². The Bertz CT molecular complexity index is 961. The number of nitrogens with one attached hydrogen (secondary N) is 2. The standard InChI is InChI=1S/C21H29ClN4O3S/c22-19-14-23-13-16-3-1-4-20(21(16)19)30(27,28)26-10-5-18(15-26)25-9-2-8-24-17-6-11-29-12-7-17/h1,3-4,13-14,17-18,24-25H,2,5-12,15H2/t18-/m0/s1. The Morgan fingerprint density at radius 2 is 1.87 bits per heavy atom. The highest BCUT2D eigenvalue weighted by Crippen LogP contribution is 2.32. The van der Waals surface area contributed by atoms with E-state index < -0.39 is 10.0 Å². The van der Waals surface area contributed by atoms with Crippen molar-refractivity contribution in [3.63, 3.8) is 0 Å². The molecular weight excluding hydrogens is 424 g/mol. The van der Waals surface area contributed by atoms with Crippen molar-refractivity contribution in [2.24, 2.45) is 0 Å². The zero-order valence-electron chi connectivity index (χ0n) is 17.0. The Labute approximate surface area is 183 Å². The highest BCUT2D eigenvalue weighted by Gasteiger charge is 2.33. The SMILES string of the molecule is O=S(=O)(c1cccc2cncc(Cl)c12)N1CC[C@H](NCCCNC2CCOCC2)C1. The fourth-order valence-electron chi connectivity index (χ4n) is 4.23. The highest BCUT2D eigenvalue weighted by molar-refractivity contribution is 7.89. The van der Waals surface area contributed by atoms with Crippen LogP contribution in [0.25, 0.3) is 10.8 Å². The van der Waals surface area contributed by atoms with Crippen molar-refractivity contribution in [1.29, 1.82) is 0 Å². The van der Waals surface area contributed by atoms with Crippen LogP contribution >= 0.6 is 11.6 Å². The maximum Gasteiger partial charge on any atom is 0.243 e. The molecule has 7 nitrogen and oxygen atoms in total. The van der Waals surface area contributed by atoms with E-state index >= 15 is 0 Å². The van der Waals surface area contributed by atoms with Gasteiger partial charge in [-0.2, -0.15) is 4.31 Å². The second kappa shape index (κ2) is 9.89. The molecule has 3 heterocycles. The third-order valence-electron chi connectivity index (χ3n) is 5.91. The van der Waals surface area contributed by atoms with E-state index in [4.69, 9.17) is 16.3 Å². The van der Waals surface area contributed by atoms with Crippen LogP contribution in [-0.2, 0) is 14.8 Å². The van der Waals surface area contributed by atoms with Crippen molar-refractivity contribution in [3.05, 3.63) is 35.6 Å². The predicted octanol–water partition coefficient (Wildman–Crippen LogP) is 2.40. The molecule has 0 radical (unpaired) electrons. The van der Waals surface area contributed by atoms with Crippen LogP contribution in [0.3, 0.4) is 0 Å². The number of hydrogen-bond acceptors (Lipinski definition) is 6. The van der Waals surface area contributed by atoms with Gasteiger partial charge in [-0.3, -0.25) is 4.98 Å². The number of sulfonamides is 1. The fraction of sp³-hybridized carbons (Fsp3) is 0.571. The van der Waals surface area contributed by atoms with E-state index in [1.807, 2.05) is 6.07 Å². The normalized spacial score (nSPS) is 21.4. The van der Waals surface area contributed by atoms with Crippen molar-refractivity contribution in [3.8, 4) is 0 Å². The van der Waals surface area contributed by atoms with Crippen LogP contribution in [-0.4, -0.2) is 69.2 Å². The van der Waals surface area contributed by atoms with E-state index in [0.29, 0.717) is 29.5 Å². The average Bonchev–Trinajstić information content (AvgIpc) is 3.24. The second-order valence-electron chi connectivity index (χ2n) is 7.97. The van der Waals surface area contributed by atoms with Gasteiger partial charge in [-0.15, -0.1) is 0 Å². The largest absolute Gasteiger partial charge is 0.381 e. The van der Waals surface area contributed by atoms with Crippen molar-refractivity contribution >= 4 is 32.4 Å². The second-order valence-corrected chi connectivity index (χ2v) is 10.3. The number of aromatic nitrogens is 1. The molecule has 0 aliphatic carbocycles. The van der Waals surface area contributed by atoms with E-state index in [1.54, 1.807) is 22.6 Å². The zero-order chi connectivity index (χ0) is 21.0. The van der Waals surface area contributed by atoms with E-state index in [2.05, 4.69) is 15.6 Å². The first-order chi connectivity index (χ1) is 14.6. The molecule has 164 valence electrons. The number of rotatable bonds is 8. The van der Waals surface area contributed by atoms with Crippen molar-refractivity contribution in [2.75, 3.05) is 39.4 Å². The summed E-state index contributed by atoms with van der Waals surface area (Å²) in [5, 5.41) is 8.73. The smallest absolute Gasteiger partial charge is 0.243 e. The summed E-state index contributed by atoms with van der Waals surface area (Å²) >= 11 is 6.29. The van der Waals surface area contributed by atoms with Gasteiger partial charge in [0.25, 0.3) is 0 Å². The predicted molar refractivity (Wildman–Crippen MR) is 118 cm³/mol. The molecule has 2 aliphatic heterocycles. The Balaban J connectivity index is 1.31. The van der Waals surface area contributed by atoms with Gasteiger partial charge in [0, 0.05) is 61.6 Å². The number of halogens is 1. The lowest BCUT2D eigenvalue weighted by Crippen LogP contribution is -2.38. The lowest BCUT2D eigenvalue weighted by atomic mass is 10.1. The highest BCUT2D eigenvalue weighted by atomic mass is 35.5. The first-order valence-electron chi connectivity index (χ1n) is 10.6. The summed E-state index contributed by atoms with van der Waals surface area (Å²) in [7, 11) is -3.61. The Morgan fingerprint density at radius 3 is 2.67 bits per heavy atom. The lowest BCUT2D eigenvalue weighted by molar-refractivity contribution is 0.0780. The van der Waals surface area contributed by atoms with Crippen LogP contribution in [0.15, 0.2) is 35.5 Å². The van der Waals surface area contributed by atoms with Gasteiger partial charge >= 0.3 is 0 Å². The molecule has 4 rings (SSSR count). The number of ether oxygens (including phenoxy) is 1.